The highest BCUT2D eigenvalue weighted by Gasteiger charge is 2.20. The molecule has 5 nitrogen and oxygen atoms in total. The Bertz CT molecular complexity index is 511. The van der Waals surface area contributed by atoms with Crippen LogP contribution in [0, 0.1) is 5.82 Å². The molecule has 1 saturated heterocycles. The second kappa shape index (κ2) is 4.93. The predicted molar refractivity (Wildman–Crippen MR) is 67.9 cm³/mol. The lowest BCUT2D eigenvalue weighted by Gasteiger charge is -2.29. The van der Waals surface area contributed by atoms with Crippen molar-refractivity contribution in [3.63, 3.8) is 0 Å². The molecule has 1 aromatic rings. The quantitative estimate of drug-likeness (QED) is 0.773. The van der Waals surface area contributed by atoms with Gasteiger partial charge >= 0.3 is 5.97 Å². The van der Waals surface area contributed by atoms with E-state index in [1.165, 1.54) is 0 Å². The smallest absolute Gasteiger partial charge is 0.338 e. The second-order valence-electron chi connectivity index (χ2n) is 4.03. The minimum Gasteiger partial charge on any atom is -0.478 e. The summed E-state index contributed by atoms with van der Waals surface area (Å²) >= 11 is 0. The number of anilines is 2. The fourth-order valence-electron chi connectivity index (χ4n) is 1.90. The molecule has 7 heteroatoms. The van der Waals surface area contributed by atoms with Crippen molar-refractivity contribution < 1.29 is 18.5 Å². The van der Waals surface area contributed by atoms with Crippen LogP contribution in [-0.4, -0.2) is 39.9 Å². The van der Waals surface area contributed by atoms with Crippen LogP contribution in [-0.2, 0) is 10.8 Å². The van der Waals surface area contributed by atoms with Crippen LogP contribution in [0.3, 0.4) is 0 Å². The average Bonchev–Trinajstić information content (AvgIpc) is 2.32. The third-order valence-electron chi connectivity index (χ3n) is 2.87. The first-order valence-corrected chi connectivity index (χ1v) is 6.90. The Hall–Kier alpha value is -1.63. The molecule has 0 aliphatic carbocycles. The Kier molecular flexibility index (Phi) is 3.51. The normalized spacial score (nSPS) is 16.8. The van der Waals surface area contributed by atoms with Crippen LogP contribution in [0.2, 0.25) is 0 Å². The highest BCUT2D eigenvalue weighted by molar-refractivity contribution is 7.85. The second-order valence-corrected chi connectivity index (χ2v) is 5.73. The van der Waals surface area contributed by atoms with Gasteiger partial charge in [0.2, 0.25) is 0 Å². The van der Waals surface area contributed by atoms with Crippen LogP contribution in [0.15, 0.2) is 12.1 Å². The average molecular weight is 272 g/mol. The highest BCUT2D eigenvalue weighted by atomic mass is 32.2. The zero-order valence-corrected chi connectivity index (χ0v) is 10.4. The molecule has 0 spiro atoms. The summed E-state index contributed by atoms with van der Waals surface area (Å²) in [4.78, 5) is 12.6. The molecule has 1 aliphatic heterocycles. The monoisotopic (exact) mass is 272 g/mol. The number of nitrogens with two attached hydrogens (primary N) is 1. The van der Waals surface area contributed by atoms with E-state index in [0.29, 0.717) is 30.3 Å². The first-order chi connectivity index (χ1) is 8.49. The molecule has 0 atom stereocenters. The molecule has 0 bridgehead atoms. The summed E-state index contributed by atoms with van der Waals surface area (Å²) in [6.45, 7) is 1.06. The van der Waals surface area contributed by atoms with E-state index in [-0.39, 0.29) is 5.69 Å². The Morgan fingerprint density at radius 3 is 2.56 bits per heavy atom. The zero-order valence-electron chi connectivity index (χ0n) is 9.56. The van der Waals surface area contributed by atoms with E-state index in [1.807, 2.05) is 4.90 Å². The van der Waals surface area contributed by atoms with Gasteiger partial charge in [0.05, 0.1) is 16.9 Å². The lowest BCUT2D eigenvalue weighted by Crippen LogP contribution is -2.38. The molecular formula is C11H13FN2O3S. The fraction of sp³-hybridized carbons (Fsp3) is 0.364. The van der Waals surface area contributed by atoms with Crippen LogP contribution in [0.1, 0.15) is 10.4 Å². The molecule has 0 amide bonds. The van der Waals surface area contributed by atoms with E-state index in [0.717, 1.165) is 12.1 Å². The summed E-state index contributed by atoms with van der Waals surface area (Å²) in [5, 5.41) is 8.78. The maximum absolute atomic E-state index is 13.6. The summed E-state index contributed by atoms with van der Waals surface area (Å²) in [6.07, 6.45) is 0. The molecule has 1 heterocycles. The highest BCUT2D eigenvalue weighted by Crippen LogP contribution is 2.27. The summed E-state index contributed by atoms with van der Waals surface area (Å²) in [5.41, 5.74) is 6.00. The van der Waals surface area contributed by atoms with Crippen molar-refractivity contribution in [2.75, 3.05) is 35.2 Å². The number of rotatable bonds is 2. The third kappa shape index (κ3) is 2.45. The van der Waals surface area contributed by atoms with Gasteiger partial charge in [0.1, 0.15) is 5.82 Å². The van der Waals surface area contributed by atoms with E-state index in [2.05, 4.69) is 0 Å². The van der Waals surface area contributed by atoms with Crippen molar-refractivity contribution in [1.29, 1.82) is 0 Å². The Balaban J connectivity index is 2.32. The number of halogens is 1. The SMILES string of the molecule is Nc1cc(C(=O)O)c(F)cc1N1CCS(=O)CC1. The number of benzene rings is 1. The van der Waals surface area contributed by atoms with Crippen LogP contribution >= 0.6 is 0 Å². The van der Waals surface area contributed by atoms with Gasteiger partial charge in [-0.25, -0.2) is 9.18 Å². The fourth-order valence-corrected chi connectivity index (χ4v) is 2.95. The third-order valence-corrected chi connectivity index (χ3v) is 4.14. The standard InChI is InChI=1S/C11H13FN2O3S/c12-8-6-10(9(13)5-7(8)11(15)16)14-1-3-18(17)4-2-14/h5-6H,1-4,13H2,(H,15,16). The topological polar surface area (TPSA) is 83.6 Å². The Labute approximate surface area is 106 Å². The molecule has 98 valence electrons. The van der Waals surface area contributed by atoms with Gasteiger partial charge in [0.15, 0.2) is 0 Å². The molecule has 1 aliphatic rings. The van der Waals surface area contributed by atoms with E-state index in [1.54, 1.807) is 0 Å². The van der Waals surface area contributed by atoms with E-state index in [9.17, 15) is 13.4 Å². The van der Waals surface area contributed by atoms with Crippen LogP contribution < -0.4 is 10.6 Å². The summed E-state index contributed by atoms with van der Waals surface area (Å²) in [6, 6.07) is 2.26. The minimum absolute atomic E-state index is 0.224. The maximum Gasteiger partial charge on any atom is 0.338 e. The Morgan fingerprint density at radius 1 is 1.39 bits per heavy atom. The van der Waals surface area contributed by atoms with E-state index in [4.69, 9.17) is 10.8 Å². The lowest BCUT2D eigenvalue weighted by molar-refractivity contribution is 0.0692. The van der Waals surface area contributed by atoms with E-state index >= 15 is 0 Å². The molecule has 2 rings (SSSR count). The molecule has 18 heavy (non-hydrogen) atoms. The van der Waals surface area contributed by atoms with Gasteiger partial charge in [-0.05, 0) is 6.07 Å². The molecule has 3 N–H and O–H groups in total. The van der Waals surface area contributed by atoms with Gasteiger partial charge < -0.3 is 15.7 Å². The number of nitrogens with zero attached hydrogens (tertiary/aromatic N) is 1. The molecule has 1 aromatic carbocycles. The summed E-state index contributed by atoms with van der Waals surface area (Å²) in [5.74, 6) is -1.12. The van der Waals surface area contributed by atoms with Crippen molar-refractivity contribution in [1.82, 2.24) is 0 Å². The first kappa shape index (κ1) is 12.8. The van der Waals surface area contributed by atoms with Crippen molar-refractivity contribution in [2.45, 2.75) is 0 Å². The number of aromatic carboxylic acids is 1. The number of hydrogen-bond donors (Lipinski definition) is 2. The van der Waals surface area contributed by atoms with Crippen molar-refractivity contribution in [2.24, 2.45) is 0 Å². The number of nitrogen functional groups attached to an aromatic ring is 1. The van der Waals surface area contributed by atoms with Gasteiger partial charge in [-0.1, -0.05) is 0 Å². The number of carboxylic acid groups (broad SMARTS) is 1. The molecule has 0 aromatic heterocycles. The van der Waals surface area contributed by atoms with Crippen molar-refractivity contribution >= 4 is 28.1 Å². The minimum atomic E-state index is -1.34. The Morgan fingerprint density at radius 2 is 2.00 bits per heavy atom. The molecule has 0 unspecified atom stereocenters. The number of carboxylic acids is 1. The van der Waals surface area contributed by atoms with Gasteiger partial charge in [0, 0.05) is 41.5 Å². The maximum atomic E-state index is 13.6. The summed E-state index contributed by atoms with van der Waals surface area (Å²) in [7, 11) is -0.829. The van der Waals surface area contributed by atoms with Gasteiger partial charge in [-0.3, -0.25) is 4.21 Å². The largest absolute Gasteiger partial charge is 0.478 e. The van der Waals surface area contributed by atoms with E-state index < -0.39 is 28.1 Å². The first-order valence-electron chi connectivity index (χ1n) is 5.41. The molecule has 0 saturated carbocycles. The molecular weight excluding hydrogens is 259 g/mol. The molecule has 0 radical (unpaired) electrons. The van der Waals surface area contributed by atoms with Gasteiger partial charge in [0.25, 0.3) is 0 Å². The number of hydrogen-bond acceptors (Lipinski definition) is 4. The van der Waals surface area contributed by atoms with Gasteiger partial charge in [-0.2, -0.15) is 0 Å². The molecule has 1 fully saturated rings. The van der Waals surface area contributed by atoms with Crippen LogP contribution in [0.25, 0.3) is 0 Å². The number of carbonyl (C=O) groups is 1. The predicted octanol–water partition coefficient (Wildman–Crippen LogP) is 0.675. The zero-order chi connectivity index (χ0) is 13.3. The van der Waals surface area contributed by atoms with Crippen LogP contribution in [0.4, 0.5) is 15.8 Å². The van der Waals surface area contributed by atoms with Crippen LogP contribution in [0.5, 0.6) is 0 Å². The lowest BCUT2D eigenvalue weighted by atomic mass is 10.1. The van der Waals surface area contributed by atoms with Crippen molar-refractivity contribution in [3.05, 3.63) is 23.5 Å². The van der Waals surface area contributed by atoms with Gasteiger partial charge in [-0.15, -0.1) is 0 Å². The summed E-state index contributed by atoms with van der Waals surface area (Å²) < 4.78 is 24.8. The van der Waals surface area contributed by atoms with Crippen molar-refractivity contribution in [3.8, 4) is 0 Å².